The van der Waals surface area contributed by atoms with Crippen molar-refractivity contribution >= 4 is 23.2 Å². The molecule has 1 unspecified atom stereocenters. The molecule has 0 spiro atoms. The first-order valence-electron chi connectivity index (χ1n) is 12.5. The van der Waals surface area contributed by atoms with Crippen LogP contribution in [0.2, 0.25) is 0 Å². The molecule has 8 nitrogen and oxygen atoms in total. The summed E-state index contributed by atoms with van der Waals surface area (Å²) in [4.78, 5) is 42.0. The fraction of sp³-hybridized carbons (Fsp3) is 0.367. The Morgan fingerprint density at radius 1 is 1.00 bits per heavy atom. The van der Waals surface area contributed by atoms with Gasteiger partial charge in [-0.3, -0.25) is 19.3 Å². The quantitative estimate of drug-likeness (QED) is 0.456. The van der Waals surface area contributed by atoms with Crippen molar-refractivity contribution in [1.29, 1.82) is 0 Å². The van der Waals surface area contributed by atoms with Gasteiger partial charge in [-0.25, -0.2) is 0 Å². The first-order valence-corrected chi connectivity index (χ1v) is 12.5. The van der Waals surface area contributed by atoms with E-state index in [-0.39, 0.29) is 29.1 Å². The van der Waals surface area contributed by atoms with Gasteiger partial charge in [0, 0.05) is 16.4 Å². The number of nitrogens with zero attached hydrogens (tertiary/aromatic N) is 1. The van der Waals surface area contributed by atoms with Gasteiger partial charge in [0.2, 0.25) is 0 Å². The summed E-state index contributed by atoms with van der Waals surface area (Å²) in [6.07, 6.45) is 0.537. The standard InChI is InChI=1S/C30H32N2O6/c1-28-13-17-16(15-9-7-6-8-10-15)11-12-18(33)19(17)22(34)21(28)26(37)30(3)25(36)20(27(31)38)23(35)24(32(4)5)29(30,2)14-28/h6-12,24,33-34,36H,13-14H2,1-5H3,(H2,31,38)/t24-,28?,29+,30+/m1/s1. The largest absolute Gasteiger partial charge is 0.510 e. The van der Waals surface area contributed by atoms with Crippen LogP contribution in [0.1, 0.15) is 38.3 Å². The van der Waals surface area contributed by atoms with E-state index in [1.165, 1.54) is 13.0 Å². The summed E-state index contributed by atoms with van der Waals surface area (Å²) in [5, 5.41) is 33.9. The fourth-order valence-corrected chi connectivity index (χ4v) is 7.47. The first-order chi connectivity index (χ1) is 17.7. The van der Waals surface area contributed by atoms with Gasteiger partial charge in [0.1, 0.15) is 22.8 Å². The monoisotopic (exact) mass is 516 g/mol. The molecule has 0 aliphatic heterocycles. The molecule has 0 heterocycles. The number of nitrogens with two attached hydrogens (primary N) is 1. The van der Waals surface area contributed by atoms with Gasteiger partial charge in [0.05, 0.1) is 17.0 Å². The highest BCUT2D eigenvalue weighted by Crippen LogP contribution is 2.66. The maximum absolute atomic E-state index is 14.5. The molecule has 0 radical (unpaired) electrons. The van der Waals surface area contributed by atoms with Crippen LogP contribution in [0, 0.1) is 16.2 Å². The van der Waals surface area contributed by atoms with E-state index in [2.05, 4.69) is 0 Å². The molecule has 0 saturated heterocycles. The van der Waals surface area contributed by atoms with Crippen LogP contribution in [0.5, 0.6) is 5.75 Å². The lowest BCUT2D eigenvalue weighted by Gasteiger charge is -2.61. The SMILES string of the molecule is CN(C)[C@@H]1C(=O)C(C(N)=O)=C(O)[C@@]2(C)C(=O)C3=C(O)c4c(O)ccc(-c5ccccc5)c4CC3(C)C[C@@]12C. The molecule has 1 saturated carbocycles. The number of likely N-dealkylation sites (N-methyl/N-ethyl adjacent to an activating group) is 1. The number of Topliss-reactive ketones (excluding diaryl/α,β-unsaturated/α-hetero) is 2. The zero-order chi connectivity index (χ0) is 27.9. The summed E-state index contributed by atoms with van der Waals surface area (Å²) in [7, 11) is 3.37. The Balaban J connectivity index is 1.83. The Morgan fingerprint density at radius 2 is 1.63 bits per heavy atom. The maximum atomic E-state index is 14.5. The van der Waals surface area contributed by atoms with Crippen molar-refractivity contribution in [3.8, 4) is 16.9 Å². The summed E-state index contributed by atoms with van der Waals surface area (Å²) in [6.45, 7) is 5.15. The molecule has 2 aromatic rings. The molecule has 1 fully saturated rings. The lowest BCUT2D eigenvalue weighted by atomic mass is 9.42. The van der Waals surface area contributed by atoms with Crippen LogP contribution in [0.3, 0.4) is 0 Å². The third-order valence-electron chi connectivity index (χ3n) is 9.17. The second kappa shape index (κ2) is 8.04. The predicted octanol–water partition coefficient (Wildman–Crippen LogP) is 3.69. The highest BCUT2D eigenvalue weighted by atomic mass is 16.3. The minimum atomic E-state index is -1.73. The van der Waals surface area contributed by atoms with E-state index in [1.807, 2.05) is 37.3 Å². The smallest absolute Gasteiger partial charge is 0.255 e. The number of aliphatic hydroxyl groups is 2. The van der Waals surface area contributed by atoms with Crippen LogP contribution in [-0.4, -0.2) is 57.8 Å². The third kappa shape index (κ3) is 3.04. The van der Waals surface area contributed by atoms with Crippen molar-refractivity contribution in [2.45, 2.75) is 39.7 Å². The highest BCUT2D eigenvalue weighted by molar-refractivity contribution is 6.24. The van der Waals surface area contributed by atoms with Crippen molar-refractivity contribution in [2.75, 3.05) is 14.1 Å². The topological polar surface area (TPSA) is 141 Å². The molecule has 1 amide bonds. The van der Waals surface area contributed by atoms with Gasteiger partial charge in [-0.05, 0) is 56.6 Å². The van der Waals surface area contributed by atoms with Crippen LogP contribution in [-0.2, 0) is 20.8 Å². The second-order valence-corrected chi connectivity index (χ2v) is 11.7. The second-order valence-electron chi connectivity index (χ2n) is 11.7. The Kier molecular flexibility index (Phi) is 5.45. The van der Waals surface area contributed by atoms with Gasteiger partial charge in [-0.1, -0.05) is 50.2 Å². The lowest BCUT2D eigenvalue weighted by molar-refractivity contribution is -0.153. The number of aliphatic hydroxyl groups excluding tert-OH is 2. The number of aromatic hydroxyl groups is 1. The van der Waals surface area contributed by atoms with Crippen LogP contribution in [0.25, 0.3) is 16.9 Å². The number of phenolic OH excluding ortho intramolecular Hbond substituents is 1. The first kappa shape index (κ1) is 25.7. The normalized spacial score (nSPS) is 30.7. The van der Waals surface area contributed by atoms with E-state index >= 15 is 0 Å². The molecular weight excluding hydrogens is 484 g/mol. The Bertz CT molecular complexity index is 1490. The minimum Gasteiger partial charge on any atom is -0.510 e. The van der Waals surface area contributed by atoms with Gasteiger partial charge < -0.3 is 21.1 Å². The summed E-state index contributed by atoms with van der Waals surface area (Å²) >= 11 is 0. The molecular formula is C30H32N2O6. The summed E-state index contributed by atoms with van der Waals surface area (Å²) in [6, 6.07) is 11.9. The van der Waals surface area contributed by atoms with Crippen molar-refractivity contribution in [2.24, 2.45) is 22.0 Å². The van der Waals surface area contributed by atoms with Crippen molar-refractivity contribution in [3.05, 3.63) is 70.5 Å². The average Bonchev–Trinajstić information content (AvgIpc) is 2.81. The molecule has 3 aliphatic carbocycles. The van der Waals surface area contributed by atoms with E-state index in [9.17, 15) is 29.7 Å². The molecule has 0 bridgehead atoms. The van der Waals surface area contributed by atoms with Crippen LogP contribution >= 0.6 is 0 Å². The summed E-state index contributed by atoms with van der Waals surface area (Å²) in [5.41, 5.74) is 3.74. The molecule has 38 heavy (non-hydrogen) atoms. The molecule has 4 atom stereocenters. The summed E-state index contributed by atoms with van der Waals surface area (Å²) < 4.78 is 0. The molecule has 3 aliphatic rings. The van der Waals surface area contributed by atoms with E-state index in [1.54, 1.807) is 32.0 Å². The number of carbonyl (C=O) groups excluding carboxylic acids is 3. The number of ketones is 2. The number of primary amides is 1. The van der Waals surface area contributed by atoms with Crippen molar-refractivity contribution in [1.82, 2.24) is 4.90 Å². The molecule has 5 N–H and O–H groups in total. The van der Waals surface area contributed by atoms with E-state index in [4.69, 9.17) is 5.73 Å². The number of hydrogen-bond donors (Lipinski definition) is 4. The molecule has 2 aromatic carbocycles. The number of fused-ring (bicyclic) bond motifs is 3. The number of allylic oxidation sites excluding steroid dienone is 2. The Morgan fingerprint density at radius 3 is 2.21 bits per heavy atom. The fourth-order valence-electron chi connectivity index (χ4n) is 7.47. The van der Waals surface area contributed by atoms with Gasteiger partial charge in [0.25, 0.3) is 5.91 Å². The van der Waals surface area contributed by atoms with Gasteiger partial charge >= 0.3 is 0 Å². The average molecular weight is 517 g/mol. The number of rotatable bonds is 3. The number of hydrogen-bond acceptors (Lipinski definition) is 7. The van der Waals surface area contributed by atoms with Gasteiger partial charge in [-0.15, -0.1) is 0 Å². The zero-order valence-electron chi connectivity index (χ0n) is 22.1. The van der Waals surface area contributed by atoms with Crippen LogP contribution in [0.4, 0.5) is 0 Å². The van der Waals surface area contributed by atoms with Crippen molar-refractivity contribution in [3.63, 3.8) is 0 Å². The van der Waals surface area contributed by atoms with E-state index in [0.717, 1.165) is 11.1 Å². The zero-order valence-corrected chi connectivity index (χ0v) is 22.1. The third-order valence-corrected chi connectivity index (χ3v) is 9.17. The van der Waals surface area contributed by atoms with Crippen LogP contribution in [0.15, 0.2) is 59.4 Å². The van der Waals surface area contributed by atoms with Crippen LogP contribution < -0.4 is 5.73 Å². The molecule has 5 rings (SSSR count). The van der Waals surface area contributed by atoms with Gasteiger partial charge in [-0.2, -0.15) is 0 Å². The predicted molar refractivity (Wildman–Crippen MR) is 142 cm³/mol. The number of phenols is 1. The van der Waals surface area contributed by atoms with E-state index < -0.39 is 51.1 Å². The lowest BCUT2D eigenvalue weighted by Crippen LogP contribution is -2.68. The minimum absolute atomic E-state index is 0.0627. The van der Waals surface area contributed by atoms with Crippen molar-refractivity contribution < 1.29 is 29.7 Å². The molecule has 8 heteroatoms. The van der Waals surface area contributed by atoms with Gasteiger partial charge in [0.15, 0.2) is 11.6 Å². The Labute approximate surface area is 221 Å². The number of amides is 1. The molecule has 0 aromatic heterocycles. The highest BCUT2D eigenvalue weighted by Gasteiger charge is 2.70. The maximum Gasteiger partial charge on any atom is 0.255 e. The summed E-state index contributed by atoms with van der Waals surface area (Å²) in [5.74, 6) is -3.54. The number of carbonyl (C=O) groups is 3. The van der Waals surface area contributed by atoms with E-state index in [0.29, 0.717) is 12.0 Å². The molecule has 198 valence electrons. The Hall–Kier alpha value is -3.91. The number of benzene rings is 2.